The summed E-state index contributed by atoms with van der Waals surface area (Å²) in [5.74, 6) is 0. The monoisotopic (exact) mass is 214 g/mol. The zero-order chi connectivity index (χ0) is 10.9. The first-order valence-corrected chi connectivity index (χ1v) is 5.73. The summed E-state index contributed by atoms with van der Waals surface area (Å²) in [4.78, 5) is 0. The predicted octanol–water partition coefficient (Wildman–Crippen LogP) is 0.117. The quantitative estimate of drug-likeness (QED) is 0.698. The Balaban J connectivity index is 1.70. The number of hydrogen-bond donors (Lipinski definition) is 2. The Bertz CT molecular complexity index is 219. The van der Waals surface area contributed by atoms with Gasteiger partial charge in [-0.05, 0) is 12.8 Å². The van der Waals surface area contributed by atoms with Crippen LogP contribution in [0.3, 0.4) is 0 Å². The van der Waals surface area contributed by atoms with Crippen LogP contribution in [-0.2, 0) is 9.47 Å². The summed E-state index contributed by atoms with van der Waals surface area (Å²) in [5, 5.41) is 3.56. The number of hydrogen-bond acceptors (Lipinski definition) is 4. The first-order valence-electron chi connectivity index (χ1n) is 5.73. The van der Waals surface area contributed by atoms with E-state index in [0.717, 1.165) is 26.0 Å². The van der Waals surface area contributed by atoms with E-state index in [1.54, 1.807) is 7.11 Å². The summed E-state index contributed by atoms with van der Waals surface area (Å²) < 4.78 is 10.7. The summed E-state index contributed by atoms with van der Waals surface area (Å²) >= 11 is 0. The van der Waals surface area contributed by atoms with Gasteiger partial charge < -0.3 is 20.5 Å². The van der Waals surface area contributed by atoms with E-state index in [1.807, 2.05) is 0 Å². The Morgan fingerprint density at radius 3 is 2.80 bits per heavy atom. The number of nitrogens with one attached hydrogen (secondary N) is 1. The molecule has 15 heavy (non-hydrogen) atoms. The molecule has 1 saturated carbocycles. The van der Waals surface area contributed by atoms with Crippen LogP contribution in [0.4, 0.5) is 0 Å². The van der Waals surface area contributed by atoms with Gasteiger partial charge in [-0.1, -0.05) is 6.92 Å². The molecule has 0 aromatic rings. The van der Waals surface area contributed by atoms with E-state index >= 15 is 0 Å². The van der Waals surface area contributed by atoms with Crippen LogP contribution in [-0.4, -0.2) is 45.1 Å². The second-order valence-corrected chi connectivity index (χ2v) is 5.18. The molecule has 2 aliphatic rings. The minimum Gasteiger partial charge on any atom is -0.381 e. The third-order valence-electron chi connectivity index (χ3n) is 3.85. The van der Waals surface area contributed by atoms with Gasteiger partial charge in [0, 0.05) is 31.2 Å². The molecule has 1 aliphatic heterocycles. The van der Waals surface area contributed by atoms with Crippen molar-refractivity contribution in [3.63, 3.8) is 0 Å². The molecule has 3 N–H and O–H groups in total. The van der Waals surface area contributed by atoms with Crippen molar-refractivity contribution in [2.24, 2.45) is 11.1 Å². The van der Waals surface area contributed by atoms with Crippen molar-refractivity contribution in [3.05, 3.63) is 0 Å². The van der Waals surface area contributed by atoms with E-state index < -0.39 is 0 Å². The summed E-state index contributed by atoms with van der Waals surface area (Å²) in [5.41, 5.74) is 6.13. The average Bonchev–Trinajstić information content (AvgIpc) is 2.45. The van der Waals surface area contributed by atoms with E-state index in [-0.39, 0.29) is 11.5 Å². The largest absolute Gasteiger partial charge is 0.381 e. The van der Waals surface area contributed by atoms with Gasteiger partial charge in [0.2, 0.25) is 0 Å². The van der Waals surface area contributed by atoms with Gasteiger partial charge >= 0.3 is 0 Å². The highest BCUT2D eigenvalue weighted by atomic mass is 16.5. The molecule has 0 bridgehead atoms. The molecule has 0 aromatic heterocycles. The van der Waals surface area contributed by atoms with Gasteiger partial charge in [0.25, 0.3) is 0 Å². The third-order valence-corrected chi connectivity index (χ3v) is 3.85. The lowest BCUT2D eigenvalue weighted by Crippen LogP contribution is -2.52. The van der Waals surface area contributed by atoms with E-state index in [2.05, 4.69) is 12.2 Å². The summed E-state index contributed by atoms with van der Waals surface area (Å²) in [7, 11) is 1.78. The summed E-state index contributed by atoms with van der Waals surface area (Å²) in [6.45, 7) is 4.63. The highest BCUT2D eigenvalue weighted by Crippen LogP contribution is 2.28. The third kappa shape index (κ3) is 2.33. The Labute approximate surface area is 91.5 Å². The molecular formula is C11H22N2O2. The standard InChI is InChI=1S/C11H22N2O2/c1-11(7-15-5-10(11)12)6-13-8-3-9(4-8)14-2/h8-10,13H,3-7,12H2,1-2H3. The Kier molecular flexibility index (Phi) is 3.30. The number of nitrogens with two attached hydrogens (primary N) is 1. The Morgan fingerprint density at radius 2 is 2.27 bits per heavy atom. The predicted molar refractivity (Wildman–Crippen MR) is 58.7 cm³/mol. The molecule has 4 heteroatoms. The summed E-state index contributed by atoms with van der Waals surface area (Å²) in [6.07, 6.45) is 2.72. The van der Waals surface area contributed by atoms with Crippen molar-refractivity contribution in [2.45, 2.75) is 38.0 Å². The molecule has 2 fully saturated rings. The Morgan fingerprint density at radius 1 is 1.53 bits per heavy atom. The van der Waals surface area contributed by atoms with E-state index in [4.69, 9.17) is 15.2 Å². The fourth-order valence-corrected chi connectivity index (χ4v) is 2.21. The maximum Gasteiger partial charge on any atom is 0.0624 e. The first kappa shape index (κ1) is 11.3. The molecule has 1 saturated heterocycles. The van der Waals surface area contributed by atoms with Gasteiger partial charge in [-0.15, -0.1) is 0 Å². The topological polar surface area (TPSA) is 56.5 Å². The van der Waals surface area contributed by atoms with Crippen molar-refractivity contribution in [1.82, 2.24) is 5.32 Å². The van der Waals surface area contributed by atoms with Gasteiger partial charge in [-0.2, -0.15) is 0 Å². The highest BCUT2D eigenvalue weighted by molar-refractivity contribution is 4.94. The van der Waals surface area contributed by atoms with Crippen LogP contribution in [0, 0.1) is 5.41 Å². The number of ether oxygens (including phenoxy) is 2. The van der Waals surface area contributed by atoms with Crippen molar-refractivity contribution < 1.29 is 9.47 Å². The molecule has 2 atom stereocenters. The van der Waals surface area contributed by atoms with Crippen molar-refractivity contribution in [1.29, 1.82) is 0 Å². The van der Waals surface area contributed by atoms with Crippen LogP contribution < -0.4 is 11.1 Å². The minimum atomic E-state index is 0.109. The van der Waals surface area contributed by atoms with Crippen LogP contribution in [0.1, 0.15) is 19.8 Å². The van der Waals surface area contributed by atoms with Gasteiger partial charge in [0.05, 0.1) is 19.3 Å². The lowest BCUT2D eigenvalue weighted by atomic mass is 9.83. The lowest BCUT2D eigenvalue weighted by Gasteiger charge is -2.37. The average molecular weight is 214 g/mol. The van der Waals surface area contributed by atoms with Gasteiger partial charge in [-0.25, -0.2) is 0 Å². The molecular weight excluding hydrogens is 192 g/mol. The van der Waals surface area contributed by atoms with E-state index in [1.165, 1.54) is 0 Å². The smallest absolute Gasteiger partial charge is 0.0624 e. The SMILES string of the molecule is COC1CC(NCC2(C)COCC2N)C1. The molecule has 1 aliphatic carbocycles. The normalized spacial score (nSPS) is 45.4. The molecule has 0 spiro atoms. The number of rotatable bonds is 4. The zero-order valence-electron chi connectivity index (χ0n) is 9.66. The molecule has 0 radical (unpaired) electrons. The summed E-state index contributed by atoms with van der Waals surface area (Å²) in [6, 6.07) is 0.780. The molecule has 4 nitrogen and oxygen atoms in total. The maximum absolute atomic E-state index is 6.02. The van der Waals surface area contributed by atoms with Crippen LogP contribution in [0.5, 0.6) is 0 Å². The van der Waals surface area contributed by atoms with Crippen LogP contribution in [0.15, 0.2) is 0 Å². The zero-order valence-corrected chi connectivity index (χ0v) is 9.66. The fourth-order valence-electron chi connectivity index (χ4n) is 2.21. The molecule has 2 rings (SSSR count). The van der Waals surface area contributed by atoms with Crippen LogP contribution in [0.25, 0.3) is 0 Å². The van der Waals surface area contributed by atoms with Gasteiger partial charge in [-0.3, -0.25) is 0 Å². The maximum atomic E-state index is 6.02. The minimum absolute atomic E-state index is 0.109. The van der Waals surface area contributed by atoms with Crippen molar-refractivity contribution in [3.8, 4) is 0 Å². The highest BCUT2D eigenvalue weighted by Gasteiger charge is 2.39. The first-order chi connectivity index (χ1) is 7.14. The lowest BCUT2D eigenvalue weighted by molar-refractivity contribution is 0.0139. The molecule has 2 unspecified atom stereocenters. The Hall–Kier alpha value is -0.160. The molecule has 1 heterocycles. The van der Waals surface area contributed by atoms with E-state index in [9.17, 15) is 0 Å². The van der Waals surface area contributed by atoms with Crippen molar-refractivity contribution in [2.75, 3.05) is 26.9 Å². The van der Waals surface area contributed by atoms with Crippen molar-refractivity contribution >= 4 is 0 Å². The van der Waals surface area contributed by atoms with Gasteiger partial charge in [0.15, 0.2) is 0 Å². The number of methoxy groups -OCH3 is 1. The molecule has 0 aromatic carbocycles. The van der Waals surface area contributed by atoms with Gasteiger partial charge in [0.1, 0.15) is 0 Å². The molecule has 88 valence electrons. The second kappa shape index (κ2) is 4.37. The van der Waals surface area contributed by atoms with Crippen LogP contribution in [0.2, 0.25) is 0 Å². The second-order valence-electron chi connectivity index (χ2n) is 5.18. The van der Waals surface area contributed by atoms with E-state index in [0.29, 0.717) is 18.8 Å². The molecule has 0 amide bonds. The van der Waals surface area contributed by atoms with Crippen LogP contribution >= 0.6 is 0 Å². The fraction of sp³-hybridized carbons (Fsp3) is 1.00.